The number of phenolic OH excluding ortho intramolecular Hbond substituents is 1. The summed E-state index contributed by atoms with van der Waals surface area (Å²) in [6.45, 7) is 12.5. The minimum atomic E-state index is -0.654. The molecule has 1 aliphatic rings. The van der Waals surface area contributed by atoms with Gasteiger partial charge in [0.1, 0.15) is 22.8 Å². The minimum Gasteiger partial charge on any atom is -0.507 e. The number of piperazine rings is 1. The number of carbonyl (C=O) groups excluding carboxylic acids is 1. The van der Waals surface area contributed by atoms with Crippen LogP contribution in [0.25, 0.3) is 28.1 Å². The summed E-state index contributed by atoms with van der Waals surface area (Å²) in [5.74, 6) is -0.661. The number of halogens is 1. The van der Waals surface area contributed by atoms with Crippen LogP contribution < -0.4 is 10.6 Å². The Morgan fingerprint density at radius 1 is 1.12 bits per heavy atom. The molecule has 206 valence electrons. The van der Waals surface area contributed by atoms with E-state index in [9.17, 15) is 19.1 Å². The Morgan fingerprint density at radius 2 is 1.88 bits per heavy atom. The summed E-state index contributed by atoms with van der Waals surface area (Å²) in [6, 6.07) is 11.3. The van der Waals surface area contributed by atoms with Crippen molar-refractivity contribution in [1.29, 1.82) is 0 Å². The molecule has 1 aliphatic heterocycles. The smallest absolute Gasteiger partial charge is 0.355 e. The van der Waals surface area contributed by atoms with Gasteiger partial charge in [-0.3, -0.25) is 4.79 Å². The number of rotatable bonds is 5. The third kappa shape index (κ3) is 4.59. The van der Waals surface area contributed by atoms with Crippen LogP contribution in [0.15, 0.2) is 59.9 Å². The molecule has 40 heavy (non-hydrogen) atoms. The van der Waals surface area contributed by atoms with Crippen molar-refractivity contribution < 1.29 is 14.3 Å². The van der Waals surface area contributed by atoms with Crippen molar-refractivity contribution in [3.63, 3.8) is 0 Å². The average molecular weight is 543 g/mol. The Kier molecular flexibility index (Phi) is 7.10. The first kappa shape index (κ1) is 27.0. The molecule has 4 aromatic rings. The Bertz CT molecular complexity index is 1680. The SMILES string of the molecule is C=CC(=O)N1CCN(c2nc(=O)n(-c3ccccc3C(C)C)c3nc(-c4c(O)cccc4F)c(C)nc23)[C@@H](C)C1. The second-order valence-corrected chi connectivity index (χ2v) is 10.3. The van der Waals surface area contributed by atoms with Crippen molar-refractivity contribution in [1.82, 2.24) is 24.4 Å². The number of anilines is 1. The van der Waals surface area contributed by atoms with Crippen LogP contribution in [0.2, 0.25) is 0 Å². The zero-order chi connectivity index (χ0) is 28.7. The van der Waals surface area contributed by atoms with Crippen molar-refractivity contribution in [2.45, 2.75) is 39.7 Å². The van der Waals surface area contributed by atoms with Gasteiger partial charge in [0, 0.05) is 25.7 Å². The largest absolute Gasteiger partial charge is 0.507 e. The molecule has 1 fully saturated rings. The van der Waals surface area contributed by atoms with Crippen molar-refractivity contribution in [3.05, 3.63) is 82.7 Å². The molecule has 1 N–H and O–H groups in total. The fraction of sp³-hybridized carbons (Fsp3) is 0.300. The molecule has 1 atom stereocenters. The second kappa shape index (κ2) is 10.5. The number of phenols is 1. The summed E-state index contributed by atoms with van der Waals surface area (Å²) in [7, 11) is 0. The maximum absolute atomic E-state index is 15.0. The molecule has 0 unspecified atom stereocenters. The third-order valence-corrected chi connectivity index (χ3v) is 7.28. The van der Waals surface area contributed by atoms with E-state index in [1.54, 1.807) is 11.8 Å². The minimum absolute atomic E-state index is 0.0850. The van der Waals surface area contributed by atoms with Crippen molar-refractivity contribution in [2.24, 2.45) is 0 Å². The Hall–Kier alpha value is -4.60. The quantitative estimate of drug-likeness (QED) is 0.374. The molecular weight excluding hydrogens is 511 g/mol. The fourth-order valence-electron chi connectivity index (χ4n) is 5.28. The molecule has 0 bridgehead atoms. The number of carbonyl (C=O) groups is 1. The van der Waals surface area contributed by atoms with Crippen LogP contribution >= 0.6 is 0 Å². The van der Waals surface area contributed by atoms with E-state index in [0.29, 0.717) is 42.4 Å². The summed E-state index contributed by atoms with van der Waals surface area (Å²) in [4.78, 5) is 43.8. The molecule has 2 aromatic heterocycles. The number of aromatic hydroxyl groups is 1. The van der Waals surface area contributed by atoms with Gasteiger partial charge in [-0.2, -0.15) is 4.98 Å². The van der Waals surface area contributed by atoms with E-state index in [1.807, 2.05) is 49.9 Å². The van der Waals surface area contributed by atoms with Crippen LogP contribution in [-0.2, 0) is 4.79 Å². The van der Waals surface area contributed by atoms with E-state index in [2.05, 4.69) is 11.6 Å². The van der Waals surface area contributed by atoms with Gasteiger partial charge in [-0.15, -0.1) is 0 Å². The van der Waals surface area contributed by atoms with Crippen LogP contribution in [-0.4, -0.2) is 61.1 Å². The number of hydrogen-bond acceptors (Lipinski definition) is 7. The number of amides is 1. The highest BCUT2D eigenvalue weighted by Crippen LogP contribution is 2.35. The van der Waals surface area contributed by atoms with Crippen molar-refractivity contribution >= 4 is 22.9 Å². The number of para-hydroxylation sites is 1. The predicted octanol–water partition coefficient (Wildman–Crippen LogP) is 4.34. The zero-order valence-electron chi connectivity index (χ0n) is 22.9. The Balaban J connectivity index is 1.80. The first-order valence-electron chi connectivity index (χ1n) is 13.2. The topological polar surface area (TPSA) is 104 Å². The standard InChI is InChI=1S/C30H31FN6O3/c1-6-24(39)35-14-15-36(18(4)16-35)28-27-29(33-26(19(5)32-27)25-21(31)11-9-13-23(25)38)37(30(40)34-28)22-12-8-7-10-20(22)17(2)3/h6-13,17-18,38H,1,14-16H2,2-5H3/t18-/m0/s1. The monoisotopic (exact) mass is 542 g/mol. The lowest BCUT2D eigenvalue weighted by Gasteiger charge is -2.40. The lowest BCUT2D eigenvalue weighted by molar-refractivity contribution is -0.126. The van der Waals surface area contributed by atoms with Gasteiger partial charge >= 0.3 is 5.69 Å². The van der Waals surface area contributed by atoms with Gasteiger partial charge in [-0.05, 0) is 49.6 Å². The molecule has 9 nitrogen and oxygen atoms in total. The number of fused-ring (bicyclic) bond motifs is 1. The van der Waals surface area contributed by atoms with Crippen LogP contribution in [0.5, 0.6) is 5.75 Å². The van der Waals surface area contributed by atoms with E-state index in [4.69, 9.17) is 9.97 Å². The first-order valence-corrected chi connectivity index (χ1v) is 13.2. The molecular formula is C30H31FN6O3. The van der Waals surface area contributed by atoms with E-state index in [0.717, 1.165) is 5.56 Å². The van der Waals surface area contributed by atoms with Gasteiger partial charge in [0.15, 0.2) is 11.5 Å². The van der Waals surface area contributed by atoms with Crippen LogP contribution in [0.4, 0.5) is 10.2 Å². The number of aromatic nitrogens is 4. The number of benzene rings is 2. The van der Waals surface area contributed by atoms with Crippen LogP contribution in [0.1, 0.15) is 37.9 Å². The zero-order valence-corrected chi connectivity index (χ0v) is 22.9. The average Bonchev–Trinajstić information content (AvgIpc) is 2.92. The number of aryl methyl sites for hydroxylation is 1. The van der Waals surface area contributed by atoms with Crippen LogP contribution in [0, 0.1) is 12.7 Å². The summed E-state index contributed by atoms with van der Waals surface area (Å²) in [5.41, 5.74) is 1.92. The van der Waals surface area contributed by atoms with Crippen LogP contribution in [0.3, 0.4) is 0 Å². The molecule has 1 amide bonds. The molecule has 3 heterocycles. The third-order valence-electron chi connectivity index (χ3n) is 7.28. The molecule has 0 aliphatic carbocycles. The van der Waals surface area contributed by atoms with Gasteiger partial charge in [0.25, 0.3) is 0 Å². The molecule has 5 rings (SSSR count). The molecule has 0 saturated carbocycles. The predicted molar refractivity (Wildman–Crippen MR) is 152 cm³/mol. The van der Waals surface area contributed by atoms with E-state index in [1.165, 1.54) is 28.8 Å². The number of nitrogens with zero attached hydrogens (tertiary/aromatic N) is 6. The lowest BCUT2D eigenvalue weighted by atomic mass is 10.0. The molecule has 2 aromatic carbocycles. The summed E-state index contributed by atoms with van der Waals surface area (Å²) in [5, 5.41) is 10.5. The highest BCUT2D eigenvalue weighted by atomic mass is 19.1. The van der Waals surface area contributed by atoms with Gasteiger partial charge in [-0.1, -0.05) is 44.7 Å². The maximum atomic E-state index is 15.0. The Morgan fingerprint density at radius 3 is 2.55 bits per heavy atom. The lowest BCUT2D eigenvalue weighted by Crippen LogP contribution is -2.54. The normalized spacial score (nSPS) is 15.6. The first-order chi connectivity index (χ1) is 19.1. The van der Waals surface area contributed by atoms with Gasteiger partial charge in [0.05, 0.1) is 16.9 Å². The fourth-order valence-corrected chi connectivity index (χ4v) is 5.28. The van der Waals surface area contributed by atoms with E-state index in [-0.39, 0.29) is 40.5 Å². The molecule has 10 heteroatoms. The van der Waals surface area contributed by atoms with Crippen molar-refractivity contribution in [3.8, 4) is 22.7 Å². The van der Waals surface area contributed by atoms with Gasteiger partial charge in [-0.25, -0.2) is 23.7 Å². The second-order valence-electron chi connectivity index (χ2n) is 10.3. The molecule has 0 spiro atoms. The van der Waals surface area contributed by atoms with E-state index < -0.39 is 11.5 Å². The summed E-state index contributed by atoms with van der Waals surface area (Å²) < 4.78 is 16.4. The van der Waals surface area contributed by atoms with E-state index >= 15 is 0 Å². The maximum Gasteiger partial charge on any atom is 0.355 e. The molecule has 0 radical (unpaired) electrons. The van der Waals surface area contributed by atoms with Gasteiger partial charge in [0.2, 0.25) is 5.91 Å². The highest BCUT2D eigenvalue weighted by molar-refractivity contribution is 5.89. The molecule has 1 saturated heterocycles. The van der Waals surface area contributed by atoms with Gasteiger partial charge < -0.3 is 14.9 Å². The summed E-state index contributed by atoms with van der Waals surface area (Å²) in [6.07, 6.45) is 1.29. The van der Waals surface area contributed by atoms with Crippen molar-refractivity contribution in [2.75, 3.05) is 24.5 Å². The highest BCUT2D eigenvalue weighted by Gasteiger charge is 2.31. The number of hydrogen-bond donors (Lipinski definition) is 1. The Labute approximate surface area is 231 Å². The summed E-state index contributed by atoms with van der Waals surface area (Å²) >= 11 is 0.